The van der Waals surface area contributed by atoms with Crippen LogP contribution in [0.25, 0.3) is 33.3 Å². The molecular formula is C25H25F2N3O3S. The van der Waals surface area contributed by atoms with Gasteiger partial charge in [0.2, 0.25) is 10.0 Å². The number of halogens is 2. The van der Waals surface area contributed by atoms with Crippen molar-refractivity contribution in [3.05, 3.63) is 66.5 Å². The average Bonchev–Trinajstić information content (AvgIpc) is 3.20. The Hall–Kier alpha value is -3.30. The number of hydrogen-bond donors (Lipinski definition) is 1. The maximum Gasteiger partial charge on any atom is 0.243 e. The van der Waals surface area contributed by atoms with Crippen LogP contribution >= 0.6 is 0 Å². The standard InChI is InChI=1S/C25H25F2N3O3S/c1-25(2,3)30(4)34(31,32)18-8-6-7-15(9-18)16-10-20-21(14-29-24(20)28-13-16)19-11-17(26)12-22(27)23(19)33-5/h6-14H,1-5H3,(H,28,29). The molecule has 0 aliphatic carbocycles. The molecule has 2 aromatic heterocycles. The number of hydrogen-bond acceptors (Lipinski definition) is 4. The Morgan fingerprint density at radius 1 is 1.03 bits per heavy atom. The van der Waals surface area contributed by atoms with E-state index in [1.807, 2.05) is 20.8 Å². The molecule has 0 unspecified atom stereocenters. The van der Waals surface area contributed by atoms with Crippen LogP contribution in [0.2, 0.25) is 0 Å². The van der Waals surface area contributed by atoms with E-state index in [1.165, 1.54) is 17.5 Å². The molecule has 4 aromatic rings. The smallest absolute Gasteiger partial charge is 0.243 e. The predicted octanol–water partition coefficient (Wildman–Crippen LogP) is 5.60. The molecule has 0 bridgehead atoms. The van der Waals surface area contributed by atoms with Crippen LogP contribution in [0.3, 0.4) is 0 Å². The zero-order chi connectivity index (χ0) is 24.8. The highest BCUT2D eigenvalue weighted by molar-refractivity contribution is 7.89. The number of nitrogens with zero attached hydrogens (tertiary/aromatic N) is 2. The lowest BCUT2D eigenvalue weighted by atomic mass is 10.0. The molecule has 0 atom stereocenters. The summed E-state index contributed by atoms with van der Waals surface area (Å²) in [7, 11) is -0.855. The summed E-state index contributed by atoms with van der Waals surface area (Å²) in [6.07, 6.45) is 3.22. The quantitative estimate of drug-likeness (QED) is 0.399. The summed E-state index contributed by atoms with van der Waals surface area (Å²) in [4.78, 5) is 7.59. The van der Waals surface area contributed by atoms with Gasteiger partial charge in [-0.2, -0.15) is 4.31 Å². The number of aromatic amines is 1. The summed E-state index contributed by atoms with van der Waals surface area (Å²) >= 11 is 0. The van der Waals surface area contributed by atoms with E-state index in [2.05, 4.69) is 9.97 Å². The van der Waals surface area contributed by atoms with Crippen LogP contribution in [0.4, 0.5) is 8.78 Å². The van der Waals surface area contributed by atoms with Gasteiger partial charge in [0, 0.05) is 53.1 Å². The van der Waals surface area contributed by atoms with Gasteiger partial charge in [0.05, 0.1) is 12.0 Å². The summed E-state index contributed by atoms with van der Waals surface area (Å²) in [6.45, 7) is 5.47. The van der Waals surface area contributed by atoms with Crippen molar-refractivity contribution in [2.75, 3.05) is 14.2 Å². The number of fused-ring (bicyclic) bond motifs is 1. The van der Waals surface area contributed by atoms with Gasteiger partial charge in [-0.15, -0.1) is 0 Å². The molecule has 0 spiro atoms. The molecular weight excluding hydrogens is 460 g/mol. The van der Waals surface area contributed by atoms with E-state index in [9.17, 15) is 17.2 Å². The number of methoxy groups -OCH3 is 1. The van der Waals surface area contributed by atoms with Gasteiger partial charge < -0.3 is 9.72 Å². The predicted molar refractivity (Wildman–Crippen MR) is 128 cm³/mol. The van der Waals surface area contributed by atoms with Crippen molar-refractivity contribution >= 4 is 21.1 Å². The third kappa shape index (κ3) is 4.17. The monoisotopic (exact) mass is 485 g/mol. The highest BCUT2D eigenvalue weighted by atomic mass is 32.2. The number of pyridine rings is 1. The lowest BCUT2D eigenvalue weighted by Crippen LogP contribution is -2.42. The van der Waals surface area contributed by atoms with E-state index in [4.69, 9.17) is 4.74 Å². The molecule has 0 radical (unpaired) electrons. The lowest BCUT2D eigenvalue weighted by molar-refractivity contribution is 0.292. The van der Waals surface area contributed by atoms with E-state index in [-0.39, 0.29) is 16.2 Å². The molecule has 0 fully saturated rings. The molecule has 2 heterocycles. The number of benzene rings is 2. The first-order valence-electron chi connectivity index (χ1n) is 10.5. The number of aromatic nitrogens is 2. The first-order chi connectivity index (χ1) is 15.9. The zero-order valence-corrected chi connectivity index (χ0v) is 20.3. The lowest BCUT2D eigenvalue weighted by Gasteiger charge is -2.31. The maximum atomic E-state index is 14.3. The Morgan fingerprint density at radius 3 is 2.44 bits per heavy atom. The van der Waals surface area contributed by atoms with Crippen molar-refractivity contribution in [1.29, 1.82) is 0 Å². The van der Waals surface area contributed by atoms with Gasteiger partial charge in [-0.25, -0.2) is 22.2 Å². The molecule has 0 saturated heterocycles. The van der Waals surface area contributed by atoms with Gasteiger partial charge in [-0.05, 0) is 50.6 Å². The van der Waals surface area contributed by atoms with Crippen LogP contribution < -0.4 is 4.74 Å². The molecule has 34 heavy (non-hydrogen) atoms. The normalized spacial score (nSPS) is 12.5. The molecule has 4 rings (SSSR count). The summed E-state index contributed by atoms with van der Waals surface area (Å²) in [5.41, 5.74) is 1.97. The number of H-pyrrole nitrogens is 1. The van der Waals surface area contributed by atoms with Crippen molar-refractivity contribution in [1.82, 2.24) is 14.3 Å². The van der Waals surface area contributed by atoms with Gasteiger partial charge in [0.25, 0.3) is 0 Å². The maximum absolute atomic E-state index is 14.3. The number of nitrogens with one attached hydrogen (secondary N) is 1. The van der Waals surface area contributed by atoms with Crippen LogP contribution in [-0.2, 0) is 10.0 Å². The minimum absolute atomic E-state index is 0.0778. The highest BCUT2D eigenvalue weighted by Crippen LogP contribution is 2.38. The molecule has 9 heteroatoms. The summed E-state index contributed by atoms with van der Waals surface area (Å²) in [6, 6.07) is 10.4. The van der Waals surface area contributed by atoms with Crippen molar-refractivity contribution in [3.63, 3.8) is 0 Å². The summed E-state index contributed by atoms with van der Waals surface area (Å²) < 4.78 is 61.1. The van der Waals surface area contributed by atoms with Crippen LogP contribution in [0, 0.1) is 11.6 Å². The Labute approximate surface area is 197 Å². The van der Waals surface area contributed by atoms with Crippen molar-refractivity contribution < 1.29 is 21.9 Å². The van der Waals surface area contributed by atoms with Crippen molar-refractivity contribution in [3.8, 4) is 28.0 Å². The topological polar surface area (TPSA) is 75.3 Å². The van der Waals surface area contributed by atoms with Crippen LogP contribution in [0.5, 0.6) is 5.75 Å². The summed E-state index contributed by atoms with van der Waals surface area (Å²) in [5.74, 6) is -1.62. The first-order valence-corrected chi connectivity index (χ1v) is 12.0. The van der Waals surface area contributed by atoms with E-state index in [0.29, 0.717) is 27.7 Å². The van der Waals surface area contributed by atoms with Gasteiger partial charge >= 0.3 is 0 Å². The molecule has 6 nitrogen and oxygen atoms in total. The molecule has 0 aliphatic rings. The fourth-order valence-electron chi connectivity index (χ4n) is 3.71. The molecule has 1 N–H and O–H groups in total. The second kappa shape index (κ2) is 8.48. The van der Waals surface area contributed by atoms with Gasteiger partial charge in [0.1, 0.15) is 11.5 Å². The number of ether oxygens (including phenoxy) is 1. The van der Waals surface area contributed by atoms with Crippen LogP contribution in [0.1, 0.15) is 20.8 Å². The minimum atomic E-state index is -3.72. The van der Waals surface area contributed by atoms with Gasteiger partial charge in [0.15, 0.2) is 11.6 Å². The molecule has 0 aliphatic heterocycles. The molecule has 0 amide bonds. The Morgan fingerprint density at radius 2 is 1.76 bits per heavy atom. The van der Waals surface area contributed by atoms with E-state index < -0.39 is 27.2 Å². The third-order valence-corrected chi connectivity index (χ3v) is 7.92. The second-order valence-electron chi connectivity index (χ2n) is 8.96. The summed E-state index contributed by atoms with van der Waals surface area (Å²) in [5, 5.41) is 0.612. The molecule has 2 aromatic carbocycles. The van der Waals surface area contributed by atoms with Gasteiger partial charge in [-0.1, -0.05) is 12.1 Å². The fourth-order valence-corrected chi connectivity index (χ4v) is 5.27. The van der Waals surface area contributed by atoms with Crippen molar-refractivity contribution in [2.45, 2.75) is 31.2 Å². The Kier molecular flexibility index (Phi) is 5.95. The third-order valence-electron chi connectivity index (χ3n) is 5.80. The number of rotatable bonds is 5. The highest BCUT2D eigenvalue weighted by Gasteiger charge is 2.30. The SMILES string of the molecule is COc1c(F)cc(F)cc1-c1c[nH]c2ncc(-c3cccc(S(=O)(=O)N(C)C(C)(C)C)c3)cc12. The minimum Gasteiger partial charge on any atom is -0.493 e. The van der Waals surface area contributed by atoms with Crippen LogP contribution in [0.15, 0.2) is 59.8 Å². The zero-order valence-electron chi connectivity index (χ0n) is 19.5. The van der Waals surface area contributed by atoms with E-state index in [1.54, 1.807) is 49.8 Å². The first kappa shape index (κ1) is 23.8. The largest absolute Gasteiger partial charge is 0.493 e. The second-order valence-corrected chi connectivity index (χ2v) is 10.9. The van der Waals surface area contributed by atoms with Gasteiger partial charge in [-0.3, -0.25) is 0 Å². The fraction of sp³-hybridized carbons (Fsp3) is 0.240. The van der Waals surface area contributed by atoms with E-state index in [0.717, 1.165) is 6.07 Å². The van der Waals surface area contributed by atoms with Crippen molar-refractivity contribution in [2.24, 2.45) is 0 Å². The Bertz CT molecular complexity index is 1490. The molecule has 178 valence electrons. The Balaban J connectivity index is 1.84. The molecule has 0 saturated carbocycles. The number of sulfonamides is 1. The van der Waals surface area contributed by atoms with Crippen LogP contribution in [-0.4, -0.2) is 42.4 Å². The average molecular weight is 486 g/mol. The van der Waals surface area contributed by atoms with E-state index >= 15 is 0 Å².